The van der Waals surface area contributed by atoms with Crippen molar-refractivity contribution >= 4 is 5.97 Å². The first-order chi connectivity index (χ1) is 12.1. The summed E-state index contributed by atoms with van der Waals surface area (Å²) in [5.74, 6) is -0.608. The van der Waals surface area contributed by atoms with Crippen LogP contribution in [-0.2, 0) is 30.3 Å². The quantitative estimate of drug-likeness (QED) is 0.344. The number of aliphatic hydroxyl groups is 1. The second-order valence-electron chi connectivity index (χ2n) is 5.54. The van der Waals surface area contributed by atoms with Crippen molar-refractivity contribution in [1.82, 2.24) is 0 Å². The number of nitrogens with zero attached hydrogens (tertiary/aromatic N) is 3. The van der Waals surface area contributed by atoms with Crippen molar-refractivity contribution in [3.05, 3.63) is 46.3 Å². The maximum Gasteiger partial charge on any atom is 0.303 e. The molecule has 1 saturated heterocycles. The molecule has 0 aliphatic carbocycles. The molecule has 9 heteroatoms. The van der Waals surface area contributed by atoms with E-state index in [9.17, 15) is 9.90 Å². The van der Waals surface area contributed by atoms with E-state index in [1.54, 1.807) is 0 Å². The van der Waals surface area contributed by atoms with Crippen LogP contribution < -0.4 is 0 Å². The number of carbonyl (C=O) groups excluding carboxylic acids is 1. The van der Waals surface area contributed by atoms with Gasteiger partial charge in [0.1, 0.15) is 24.4 Å². The Labute approximate surface area is 145 Å². The van der Waals surface area contributed by atoms with Gasteiger partial charge in [0.2, 0.25) is 0 Å². The average molecular weight is 351 g/mol. The standard InChI is InChI=1S/C16H21N3O6/c1-10(20)24-15-13(18-19-17)16(22-2)25-12(14(15)21)9-23-8-11-6-4-3-5-7-11/h3-7,12-16,21H,8-9H2,1-2H3/t12-,13-,14+,15-,16+/m1/s1. The number of esters is 1. The minimum atomic E-state index is -1.22. The number of hydrogen-bond donors (Lipinski definition) is 1. The summed E-state index contributed by atoms with van der Waals surface area (Å²) >= 11 is 0. The van der Waals surface area contributed by atoms with Gasteiger partial charge < -0.3 is 24.1 Å². The number of ether oxygens (including phenoxy) is 4. The van der Waals surface area contributed by atoms with Crippen LogP contribution in [0.25, 0.3) is 10.4 Å². The zero-order valence-corrected chi connectivity index (χ0v) is 14.0. The molecular weight excluding hydrogens is 330 g/mol. The molecule has 1 aliphatic rings. The van der Waals surface area contributed by atoms with Crippen LogP contribution in [0.15, 0.2) is 35.4 Å². The molecule has 25 heavy (non-hydrogen) atoms. The molecule has 136 valence electrons. The van der Waals surface area contributed by atoms with E-state index >= 15 is 0 Å². The lowest BCUT2D eigenvalue weighted by Gasteiger charge is -2.41. The summed E-state index contributed by atoms with van der Waals surface area (Å²) in [4.78, 5) is 14.0. The first-order valence-electron chi connectivity index (χ1n) is 7.76. The zero-order valence-electron chi connectivity index (χ0n) is 14.0. The van der Waals surface area contributed by atoms with Crippen molar-refractivity contribution in [2.45, 2.75) is 44.2 Å². The monoisotopic (exact) mass is 351 g/mol. The minimum Gasteiger partial charge on any atom is -0.459 e. The summed E-state index contributed by atoms with van der Waals surface area (Å²) in [6.45, 7) is 1.60. The van der Waals surface area contributed by atoms with Gasteiger partial charge in [0.25, 0.3) is 0 Å². The number of carbonyl (C=O) groups is 1. The molecule has 0 radical (unpaired) electrons. The van der Waals surface area contributed by atoms with E-state index in [1.165, 1.54) is 14.0 Å². The highest BCUT2D eigenvalue weighted by Gasteiger charge is 2.47. The lowest BCUT2D eigenvalue weighted by atomic mass is 9.97. The van der Waals surface area contributed by atoms with E-state index < -0.39 is 36.6 Å². The Morgan fingerprint density at radius 3 is 2.72 bits per heavy atom. The van der Waals surface area contributed by atoms with Crippen molar-refractivity contribution in [2.24, 2.45) is 5.11 Å². The summed E-state index contributed by atoms with van der Waals surface area (Å²) in [5.41, 5.74) is 9.68. The van der Waals surface area contributed by atoms with E-state index in [-0.39, 0.29) is 6.61 Å². The molecular formula is C16H21N3O6. The molecule has 1 aliphatic heterocycles. The Balaban J connectivity index is 2.04. The van der Waals surface area contributed by atoms with E-state index in [2.05, 4.69) is 10.0 Å². The van der Waals surface area contributed by atoms with Gasteiger partial charge in [0, 0.05) is 18.9 Å². The third kappa shape index (κ3) is 5.15. The van der Waals surface area contributed by atoms with Crippen LogP contribution in [-0.4, -0.2) is 55.4 Å². The molecule has 1 aromatic carbocycles. The Bertz CT molecular complexity index is 607. The molecule has 0 aromatic heterocycles. The number of rotatable bonds is 7. The van der Waals surface area contributed by atoms with Crippen LogP contribution in [0.2, 0.25) is 0 Å². The van der Waals surface area contributed by atoms with Gasteiger partial charge in [-0.15, -0.1) is 0 Å². The summed E-state index contributed by atoms with van der Waals surface area (Å²) in [6.07, 6.45) is -4.07. The number of methoxy groups -OCH3 is 1. The number of aliphatic hydroxyl groups excluding tert-OH is 1. The van der Waals surface area contributed by atoms with Gasteiger partial charge in [0.15, 0.2) is 6.29 Å². The fourth-order valence-electron chi connectivity index (χ4n) is 2.61. The van der Waals surface area contributed by atoms with Gasteiger partial charge >= 0.3 is 5.97 Å². The highest BCUT2D eigenvalue weighted by atomic mass is 16.7. The average Bonchev–Trinajstić information content (AvgIpc) is 2.60. The second kappa shape index (κ2) is 9.36. The highest BCUT2D eigenvalue weighted by molar-refractivity contribution is 5.66. The van der Waals surface area contributed by atoms with Crippen LogP contribution in [0.4, 0.5) is 0 Å². The normalized spacial score (nSPS) is 28.8. The van der Waals surface area contributed by atoms with Gasteiger partial charge in [-0.25, -0.2) is 0 Å². The number of hydrogen-bond acceptors (Lipinski definition) is 7. The van der Waals surface area contributed by atoms with Crippen molar-refractivity contribution in [3.8, 4) is 0 Å². The predicted octanol–water partition coefficient (Wildman–Crippen LogP) is 1.55. The molecule has 2 rings (SSSR count). The fourth-order valence-corrected chi connectivity index (χ4v) is 2.61. The van der Waals surface area contributed by atoms with Gasteiger partial charge in [-0.05, 0) is 11.1 Å². The molecule has 5 atom stereocenters. The number of benzene rings is 1. The summed E-state index contributed by atoms with van der Waals surface area (Å²) in [7, 11) is 1.37. The smallest absolute Gasteiger partial charge is 0.303 e. The lowest BCUT2D eigenvalue weighted by molar-refractivity contribution is -0.264. The first kappa shape index (κ1) is 19.2. The Hall–Kier alpha value is -2.16. The number of azide groups is 1. The van der Waals surface area contributed by atoms with Gasteiger partial charge in [-0.3, -0.25) is 4.79 Å². The van der Waals surface area contributed by atoms with Gasteiger partial charge in [-0.2, -0.15) is 0 Å². The molecule has 0 amide bonds. The molecule has 9 nitrogen and oxygen atoms in total. The first-order valence-corrected chi connectivity index (χ1v) is 7.76. The maximum atomic E-state index is 11.3. The molecule has 0 saturated carbocycles. The Morgan fingerprint density at radius 2 is 2.12 bits per heavy atom. The molecule has 1 heterocycles. The largest absolute Gasteiger partial charge is 0.459 e. The fraction of sp³-hybridized carbons (Fsp3) is 0.562. The predicted molar refractivity (Wildman–Crippen MR) is 86.3 cm³/mol. The second-order valence-corrected chi connectivity index (χ2v) is 5.54. The SMILES string of the molecule is CO[C@H]1O[C@H](COCc2ccccc2)[C@H](O)[C@H](OC(C)=O)[C@H]1N=[N+]=[N-]. The van der Waals surface area contributed by atoms with Crippen molar-refractivity contribution in [2.75, 3.05) is 13.7 Å². The third-order valence-corrected chi connectivity index (χ3v) is 3.75. The van der Waals surface area contributed by atoms with Crippen LogP contribution >= 0.6 is 0 Å². The summed E-state index contributed by atoms with van der Waals surface area (Å²) in [5, 5.41) is 14.0. The van der Waals surface area contributed by atoms with Crippen LogP contribution in [0, 0.1) is 0 Å². The van der Waals surface area contributed by atoms with Crippen molar-refractivity contribution < 1.29 is 28.8 Å². The van der Waals surface area contributed by atoms with Gasteiger partial charge in [-0.1, -0.05) is 35.4 Å². The highest BCUT2D eigenvalue weighted by Crippen LogP contribution is 2.27. The Kier molecular flexibility index (Phi) is 7.17. The van der Waals surface area contributed by atoms with Crippen molar-refractivity contribution in [3.63, 3.8) is 0 Å². The molecule has 0 unspecified atom stereocenters. The molecule has 1 aromatic rings. The van der Waals surface area contributed by atoms with Gasteiger partial charge in [0.05, 0.1) is 13.2 Å². The van der Waals surface area contributed by atoms with Crippen LogP contribution in [0.5, 0.6) is 0 Å². The third-order valence-electron chi connectivity index (χ3n) is 3.75. The summed E-state index contributed by atoms with van der Waals surface area (Å²) in [6, 6.07) is 8.52. The maximum absolute atomic E-state index is 11.3. The topological polar surface area (TPSA) is 123 Å². The Morgan fingerprint density at radius 1 is 1.40 bits per heavy atom. The molecule has 0 bridgehead atoms. The van der Waals surface area contributed by atoms with Crippen LogP contribution in [0.3, 0.4) is 0 Å². The van der Waals surface area contributed by atoms with E-state index in [0.717, 1.165) is 5.56 Å². The van der Waals surface area contributed by atoms with E-state index in [0.29, 0.717) is 6.61 Å². The van der Waals surface area contributed by atoms with E-state index in [1.807, 2.05) is 30.3 Å². The molecule has 0 spiro atoms. The lowest BCUT2D eigenvalue weighted by Crippen LogP contribution is -2.59. The van der Waals surface area contributed by atoms with Crippen LogP contribution in [0.1, 0.15) is 12.5 Å². The van der Waals surface area contributed by atoms with Crippen molar-refractivity contribution in [1.29, 1.82) is 0 Å². The zero-order chi connectivity index (χ0) is 18.2. The van der Waals surface area contributed by atoms with E-state index in [4.69, 9.17) is 24.5 Å². The molecule has 1 N–H and O–H groups in total. The summed E-state index contributed by atoms with van der Waals surface area (Å²) < 4.78 is 21.5. The minimum absolute atomic E-state index is 0.0523. The molecule has 1 fully saturated rings.